The van der Waals surface area contributed by atoms with Gasteiger partial charge in [-0.2, -0.15) is 0 Å². The molecule has 6 aliphatic carbocycles. The van der Waals surface area contributed by atoms with E-state index in [1.807, 2.05) is 32.8 Å². The number of ether oxygens (including phenoxy) is 1. The van der Waals surface area contributed by atoms with E-state index in [1.54, 1.807) is 12.4 Å². The fourth-order valence-corrected chi connectivity index (χ4v) is 14.8. The Labute approximate surface area is 347 Å². The molecule has 5 fully saturated rings. The lowest BCUT2D eigenvalue weighted by Gasteiger charge is -2.72. The van der Waals surface area contributed by atoms with Gasteiger partial charge in [-0.15, -0.1) is 0 Å². The van der Waals surface area contributed by atoms with Crippen LogP contribution in [0.5, 0.6) is 0 Å². The lowest BCUT2D eigenvalue weighted by Crippen LogP contribution is -2.66. The van der Waals surface area contributed by atoms with Gasteiger partial charge >= 0.3 is 11.9 Å². The zero-order valence-electron chi connectivity index (χ0n) is 37.5. The van der Waals surface area contributed by atoms with Crippen LogP contribution in [0.2, 0.25) is 0 Å². The first kappa shape index (κ1) is 43.0. The maximum Gasteiger partial charge on any atom is 0.309 e. The average Bonchev–Trinajstić information content (AvgIpc) is 3.44. The highest BCUT2D eigenvalue weighted by atomic mass is 16.5. The number of esters is 1. The van der Waals surface area contributed by atoms with Crippen LogP contribution in [0.15, 0.2) is 29.9 Å². The third-order valence-electron chi connectivity index (χ3n) is 18.4. The molecule has 58 heavy (non-hydrogen) atoms. The number of fused-ring (bicyclic) bond motifs is 7. The van der Waals surface area contributed by atoms with Crippen LogP contribution in [0.1, 0.15) is 143 Å². The van der Waals surface area contributed by atoms with Gasteiger partial charge in [0.2, 0.25) is 0 Å². The predicted molar refractivity (Wildman–Crippen MR) is 223 cm³/mol. The molecule has 1 aromatic heterocycles. The van der Waals surface area contributed by atoms with Crippen LogP contribution in [0.4, 0.5) is 0 Å². The third-order valence-corrected chi connectivity index (χ3v) is 18.4. The Bertz CT molecular complexity index is 1840. The molecule has 10 heteroatoms. The Balaban J connectivity index is 1.14. The fourth-order valence-electron chi connectivity index (χ4n) is 14.8. The van der Waals surface area contributed by atoms with Crippen molar-refractivity contribution < 1.29 is 29.0 Å². The normalized spacial score (nSPS) is 38.6. The van der Waals surface area contributed by atoms with Crippen LogP contribution in [-0.4, -0.2) is 88.3 Å². The molecule has 5 saturated carbocycles. The van der Waals surface area contributed by atoms with Crippen molar-refractivity contribution in [3.05, 3.63) is 35.4 Å². The number of carboxylic acid groups (broad SMARTS) is 1. The number of amides is 1. The highest BCUT2D eigenvalue weighted by Gasteiger charge is 2.70. The van der Waals surface area contributed by atoms with Crippen LogP contribution in [0.25, 0.3) is 0 Å². The zero-order valence-corrected chi connectivity index (χ0v) is 37.5. The maximum atomic E-state index is 14.3. The third kappa shape index (κ3) is 6.50. The van der Waals surface area contributed by atoms with Gasteiger partial charge in [-0.3, -0.25) is 19.2 Å². The second-order valence-corrected chi connectivity index (χ2v) is 22.2. The van der Waals surface area contributed by atoms with Gasteiger partial charge in [0, 0.05) is 49.3 Å². The van der Waals surface area contributed by atoms with Crippen molar-refractivity contribution in [2.75, 3.05) is 33.7 Å². The largest absolute Gasteiger partial charge is 0.481 e. The Morgan fingerprint density at radius 1 is 0.828 bits per heavy atom. The van der Waals surface area contributed by atoms with Gasteiger partial charge in [-0.05, 0) is 129 Å². The summed E-state index contributed by atoms with van der Waals surface area (Å²) in [6, 6.07) is 0. The summed E-state index contributed by atoms with van der Waals surface area (Å²) >= 11 is 0. The lowest BCUT2D eigenvalue weighted by molar-refractivity contribution is -0.236. The molecule has 0 unspecified atom stereocenters. The molecular formula is C48H72N4O6. The van der Waals surface area contributed by atoms with E-state index < -0.39 is 17.3 Å². The fraction of sp³-hybridized carbons (Fsp3) is 0.792. The quantitative estimate of drug-likeness (QED) is 0.219. The summed E-state index contributed by atoms with van der Waals surface area (Å²) < 4.78 is 6.44. The van der Waals surface area contributed by atoms with Crippen LogP contribution in [-0.2, 0) is 19.1 Å². The lowest BCUT2D eigenvalue weighted by atomic mass is 9.33. The Morgan fingerprint density at radius 2 is 1.52 bits per heavy atom. The van der Waals surface area contributed by atoms with Gasteiger partial charge in [-0.1, -0.05) is 67.9 Å². The summed E-state index contributed by atoms with van der Waals surface area (Å²) in [5.41, 5.74) is 2.15. The van der Waals surface area contributed by atoms with Crippen molar-refractivity contribution in [1.82, 2.24) is 19.8 Å². The van der Waals surface area contributed by atoms with Gasteiger partial charge in [0.1, 0.15) is 12.4 Å². The van der Waals surface area contributed by atoms with Crippen molar-refractivity contribution in [1.29, 1.82) is 0 Å². The summed E-state index contributed by atoms with van der Waals surface area (Å²) in [5.74, 6) is -0.293. The smallest absolute Gasteiger partial charge is 0.309 e. The van der Waals surface area contributed by atoms with Crippen LogP contribution >= 0.6 is 0 Å². The zero-order chi connectivity index (χ0) is 42.4. The first-order chi connectivity index (χ1) is 27.0. The number of hydrogen-bond acceptors (Lipinski definition) is 8. The van der Waals surface area contributed by atoms with Crippen LogP contribution in [0.3, 0.4) is 0 Å². The first-order valence-electron chi connectivity index (χ1n) is 22.4. The van der Waals surface area contributed by atoms with Gasteiger partial charge in [0.05, 0.1) is 17.4 Å². The number of hydrogen-bond donors (Lipinski definition) is 1. The second-order valence-electron chi connectivity index (χ2n) is 22.2. The number of aliphatic carboxylic acids is 1. The number of allylic oxidation sites excluding steroid dienone is 2. The molecule has 6 aliphatic rings. The van der Waals surface area contributed by atoms with Crippen molar-refractivity contribution in [3.8, 4) is 0 Å². The molecule has 1 N–H and O–H groups in total. The molecule has 0 aliphatic heterocycles. The van der Waals surface area contributed by atoms with Crippen molar-refractivity contribution in [2.24, 2.45) is 68.0 Å². The van der Waals surface area contributed by atoms with E-state index >= 15 is 0 Å². The van der Waals surface area contributed by atoms with Gasteiger partial charge in [0.25, 0.3) is 5.91 Å². The summed E-state index contributed by atoms with van der Waals surface area (Å²) in [6.45, 7) is 22.5. The molecule has 1 aromatic rings. The molecular weight excluding hydrogens is 729 g/mol. The molecule has 1 amide bonds. The standard InChI is InChI=1S/C48H72N4O6/c1-29(2)38-34(53)25-48(20-21-52(23-22-51(10)11)40(54)30-26-49-28-50-27-30)19-18-46(8)31(39(38)48)12-13-36-45(7)16-15-37(44(5,6)35(45)14-17-47(36,46)9)58-42(57)33-24-32(41(55)56)43(33,3)4/h26-29,31-33,35-37H,12-25H2,1-11H3,(H,55,56)/t31-,32+,33-,35+,36-,37+,45+,46-,47-,48-/m1/s1. The van der Waals surface area contributed by atoms with E-state index in [9.17, 15) is 24.3 Å². The molecule has 0 spiro atoms. The summed E-state index contributed by atoms with van der Waals surface area (Å²) in [4.78, 5) is 66.0. The second kappa shape index (κ2) is 14.8. The molecule has 1 heterocycles. The molecule has 0 bridgehead atoms. The topological polar surface area (TPSA) is 130 Å². The van der Waals surface area contributed by atoms with E-state index in [-0.39, 0.29) is 56.9 Å². The number of ketones is 1. The predicted octanol–water partition coefficient (Wildman–Crippen LogP) is 8.51. The van der Waals surface area contributed by atoms with Crippen molar-refractivity contribution in [2.45, 2.75) is 139 Å². The SMILES string of the molecule is CC(C)C1=C2[C@H]3CC[C@@H]4[C@@]5(C)CC[C@H](OC(=O)[C@H]6C[C@@H](C(=O)O)C6(C)C)C(C)(C)[C@@H]5CC[C@@]4(C)[C@]3(C)CC[C@@]2(CCN(CCN(C)C)C(=O)c2cncnc2)CC1=O. The van der Waals surface area contributed by atoms with Gasteiger partial charge in [-0.25, -0.2) is 9.97 Å². The molecule has 7 rings (SSSR count). The van der Waals surface area contributed by atoms with E-state index in [0.717, 1.165) is 69.9 Å². The number of likely N-dealkylation sites (N-methyl/N-ethyl adjacent to an activating group) is 1. The van der Waals surface area contributed by atoms with Crippen molar-refractivity contribution >= 4 is 23.6 Å². The summed E-state index contributed by atoms with van der Waals surface area (Å²) in [6.07, 6.45) is 14.4. The first-order valence-corrected chi connectivity index (χ1v) is 22.4. The number of aromatic nitrogens is 2. The Morgan fingerprint density at radius 3 is 2.14 bits per heavy atom. The summed E-state index contributed by atoms with van der Waals surface area (Å²) in [5, 5.41) is 9.69. The van der Waals surface area contributed by atoms with E-state index in [1.165, 1.54) is 11.9 Å². The average molecular weight is 801 g/mol. The minimum atomic E-state index is -0.829. The highest BCUT2D eigenvalue weighted by molar-refractivity contribution is 6.00. The van der Waals surface area contributed by atoms with Crippen LogP contribution < -0.4 is 0 Å². The molecule has 0 radical (unpaired) electrons. The molecule has 10 nitrogen and oxygen atoms in total. The number of rotatable bonds is 11. The Kier molecular flexibility index (Phi) is 11.0. The van der Waals surface area contributed by atoms with E-state index in [2.05, 4.69) is 63.3 Å². The monoisotopic (exact) mass is 801 g/mol. The maximum absolute atomic E-state index is 14.3. The van der Waals surface area contributed by atoms with E-state index in [4.69, 9.17) is 4.74 Å². The number of carboxylic acids is 1. The summed E-state index contributed by atoms with van der Waals surface area (Å²) in [7, 11) is 4.06. The molecule has 0 aromatic carbocycles. The van der Waals surface area contributed by atoms with Crippen molar-refractivity contribution in [3.63, 3.8) is 0 Å². The van der Waals surface area contributed by atoms with Crippen LogP contribution in [0, 0.1) is 68.0 Å². The van der Waals surface area contributed by atoms with Gasteiger partial charge < -0.3 is 19.6 Å². The molecule has 0 saturated heterocycles. The molecule has 10 atom stereocenters. The van der Waals surface area contributed by atoms with E-state index in [0.29, 0.717) is 55.0 Å². The highest BCUT2D eigenvalue weighted by Crippen LogP contribution is 2.77. The number of nitrogens with zero attached hydrogens (tertiary/aromatic N) is 4. The Hall–Kier alpha value is -3.14. The minimum Gasteiger partial charge on any atom is -0.481 e. The number of carbonyl (C=O) groups is 4. The minimum absolute atomic E-state index is 0.0270. The number of carbonyl (C=O) groups excluding carboxylic acids is 3. The van der Waals surface area contributed by atoms with Gasteiger partial charge in [0.15, 0.2) is 5.78 Å². The number of Topliss-reactive ketones (excluding diaryl/α,β-unsaturated/α-hetero) is 1. The molecule has 320 valence electrons.